The van der Waals surface area contributed by atoms with Crippen molar-refractivity contribution in [2.45, 2.75) is 6.54 Å². The molecule has 0 heterocycles. The predicted octanol–water partition coefficient (Wildman–Crippen LogP) is 8.02. The van der Waals surface area contributed by atoms with Crippen LogP contribution in [0.2, 0.25) is 0 Å². The number of rotatable bonds is 7. The highest BCUT2D eigenvalue weighted by Gasteiger charge is 2.25. The quantitative estimate of drug-likeness (QED) is 0.145. The second-order valence-corrected chi connectivity index (χ2v) is 10.2. The monoisotopic (exact) mass is 565 g/mol. The normalized spacial score (nSPS) is 10.9. The zero-order chi connectivity index (χ0) is 29.9. The third kappa shape index (κ3) is 5.20. The Labute approximate surface area is 248 Å². The molecule has 0 N–H and O–H groups in total. The van der Waals surface area contributed by atoms with Gasteiger partial charge in [-0.3, -0.25) is 19.7 Å². The van der Waals surface area contributed by atoms with E-state index in [2.05, 4.69) is 0 Å². The van der Waals surface area contributed by atoms with Gasteiger partial charge in [0.2, 0.25) is 0 Å². The Morgan fingerprint density at radius 1 is 0.605 bits per heavy atom. The summed E-state index contributed by atoms with van der Waals surface area (Å²) < 4.78 is 0. The molecule has 0 saturated heterocycles. The molecule has 7 nitrogen and oxygen atoms in total. The van der Waals surface area contributed by atoms with Crippen LogP contribution < -0.4 is 9.80 Å². The molecule has 0 fully saturated rings. The first-order valence-electron chi connectivity index (χ1n) is 13.8. The molecule has 43 heavy (non-hydrogen) atoms. The number of nitro groups is 1. The lowest BCUT2D eigenvalue weighted by Gasteiger charge is -2.25. The van der Waals surface area contributed by atoms with Crippen molar-refractivity contribution >= 4 is 50.4 Å². The van der Waals surface area contributed by atoms with Crippen LogP contribution in [0.4, 0.5) is 17.1 Å². The van der Waals surface area contributed by atoms with Crippen LogP contribution in [0.15, 0.2) is 133 Å². The van der Waals surface area contributed by atoms with Gasteiger partial charge in [-0.1, -0.05) is 91.0 Å². The molecule has 0 unspecified atom stereocenters. The smallest absolute Gasteiger partial charge is 0.277 e. The summed E-state index contributed by atoms with van der Waals surface area (Å²) in [6.07, 6.45) is 0. The van der Waals surface area contributed by atoms with Crippen molar-refractivity contribution in [3.05, 3.63) is 160 Å². The summed E-state index contributed by atoms with van der Waals surface area (Å²) in [5, 5.41) is 14.0. The van der Waals surface area contributed by atoms with Crippen LogP contribution in [-0.4, -0.2) is 23.8 Å². The summed E-state index contributed by atoms with van der Waals surface area (Å²) >= 11 is 0. The highest BCUT2D eigenvalue weighted by Crippen LogP contribution is 2.34. The van der Waals surface area contributed by atoms with Gasteiger partial charge in [-0.15, -0.1) is 0 Å². The van der Waals surface area contributed by atoms with E-state index in [0.717, 1.165) is 16.6 Å². The second-order valence-electron chi connectivity index (χ2n) is 10.2. The molecule has 0 radical (unpaired) electrons. The second kappa shape index (κ2) is 11.6. The SMILES string of the molecule is CN(C(=O)c1ccc([N+](=O)[O-])c2ccccc12)c1ccc(C(=O)N(Cc2ccccc2)c2ccccc2)c2ccccc12. The molecule has 6 aromatic carbocycles. The summed E-state index contributed by atoms with van der Waals surface area (Å²) in [5.41, 5.74) is 3.21. The van der Waals surface area contributed by atoms with Crippen molar-refractivity contribution in [2.75, 3.05) is 16.8 Å². The van der Waals surface area contributed by atoms with Crippen molar-refractivity contribution in [3.8, 4) is 0 Å². The third-order valence-corrected chi connectivity index (χ3v) is 7.62. The predicted molar refractivity (Wildman–Crippen MR) is 171 cm³/mol. The average molecular weight is 566 g/mol. The number of anilines is 2. The maximum Gasteiger partial charge on any atom is 0.277 e. The zero-order valence-corrected chi connectivity index (χ0v) is 23.4. The first kappa shape index (κ1) is 27.4. The Hall–Kier alpha value is -5.82. The molecule has 0 aliphatic rings. The van der Waals surface area contributed by atoms with E-state index in [9.17, 15) is 19.7 Å². The first-order chi connectivity index (χ1) is 20.9. The molecule has 0 atom stereocenters. The third-order valence-electron chi connectivity index (χ3n) is 7.62. The van der Waals surface area contributed by atoms with Gasteiger partial charge in [0, 0.05) is 40.7 Å². The molecular formula is C36H27N3O4. The molecule has 0 saturated carbocycles. The summed E-state index contributed by atoms with van der Waals surface area (Å²) in [4.78, 5) is 42.6. The first-order valence-corrected chi connectivity index (χ1v) is 13.8. The maximum absolute atomic E-state index is 14.2. The molecule has 0 aliphatic carbocycles. The van der Waals surface area contributed by atoms with Crippen LogP contribution in [0.3, 0.4) is 0 Å². The number of carbonyl (C=O) groups excluding carboxylic acids is 2. The fourth-order valence-electron chi connectivity index (χ4n) is 5.48. The van der Waals surface area contributed by atoms with Gasteiger partial charge < -0.3 is 9.80 Å². The molecular weight excluding hydrogens is 538 g/mol. The largest absolute Gasteiger partial charge is 0.311 e. The van der Waals surface area contributed by atoms with Gasteiger partial charge in [0.1, 0.15) is 0 Å². The van der Waals surface area contributed by atoms with E-state index >= 15 is 0 Å². The zero-order valence-electron chi connectivity index (χ0n) is 23.4. The lowest BCUT2D eigenvalue weighted by atomic mass is 9.99. The number of non-ortho nitro benzene ring substituents is 1. The lowest BCUT2D eigenvalue weighted by Crippen LogP contribution is -2.31. The van der Waals surface area contributed by atoms with Crippen molar-refractivity contribution in [1.29, 1.82) is 0 Å². The van der Waals surface area contributed by atoms with Crippen LogP contribution in [0.1, 0.15) is 26.3 Å². The minimum atomic E-state index is -0.444. The number of carbonyl (C=O) groups is 2. The molecule has 0 aliphatic heterocycles. The van der Waals surface area contributed by atoms with Gasteiger partial charge in [-0.25, -0.2) is 0 Å². The number of para-hydroxylation sites is 1. The highest BCUT2D eigenvalue weighted by atomic mass is 16.6. The fraction of sp³-hybridized carbons (Fsp3) is 0.0556. The fourth-order valence-corrected chi connectivity index (χ4v) is 5.48. The molecule has 0 spiro atoms. The number of nitro benzene ring substituents is 1. The van der Waals surface area contributed by atoms with Crippen LogP contribution >= 0.6 is 0 Å². The van der Waals surface area contributed by atoms with E-state index in [1.54, 1.807) is 48.3 Å². The van der Waals surface area contributed by atoms with Gasteiger partial charge in [0.25, 0.3) is 17.5 Å². The molecule has 7 heteroatoms. The molecule has 0 bridgehead atoms. The van der Waals surface area contributed by atoms with E-state index < -0.39 is 4.92 Å². The van der Waals surface area contributed by atoms with Crippen LogP contribution in [0.25, 0.3) is 21.5 Å². The van der Waals surface area contributed by atoms with Gasteiger partial charge >= 0.3 is 0 Å². The number of benzene rings is 6. The van der Waals surface area contributed by atoms with Crippen LogP contribution in [0.5, 0.6) is 0 Å². The lowest BCUT2D eigenvalue weighted by molar-refractivity contribution is -0.383. The minimum Gasteiger partial charge on any atom is -0.311 e. The number of hydrogen-bond donors (Lipinski definition) is 0. The van der Waals surface area contributed by atoms with Crippen LogP contribution in [-0.2, 0) is 6.54 Å². The summed E-state index contributed by atoms with van der Waals surface area (Å²) in [7, 11) is 1.67. The van der Waals surface area contributed by atoms with Gasteiger partial charge in [0.15, 0.2) is 0 Å². The van der Waals surface area contributed by atoms with Crippen molar-refractivity contribution in [1.82, 2.24) is 0 Å². The minimum absolute atomic E-state index is 0.0541. The Balaban J connectivity index is 1.41. The Morgan fingerprint density at radius 3 is 1.77 bits per heavy atom. The van der Waals surface area contributed by atoms with E-state index in [4.69, 9.17) is 0 Å². The van der Waals surface area contributed by atoms with Crippen LogP contribution in [0, 0.1) is 10.1 Å². The van der Waals surface area contributed by atoms with E-state index in [1.807, 2.05) is 84.9 Å². The van der Waals surface area contributed by atoms with E-state index in [1.165, 1.54) is 17.0 Å². The molecule has 0 aromatic heterocycles. The van der Waals surface area contributed by atoms with Crippen molar-refractivity contribution in [3.63, 3.8) is 0 Å². The molecule has 2 amide bonds. The summed E-state index contributed by atoms with van der Waals surface area (Å²) in [6.45, 7) is 0.394. The Kier molecular flexibility index (Phi) is 7.37. The average Bonchev–Trinajstić information content (AvgIpc) is 3.06. The summed E-state index contributed by atoms with van der Waals surface area (Å²) in [6, 6.07) is 40.2. The molecule has 210 valence electrons. The van der Waals surface area contributed by atoms with E-state index in [0.29, 0.717) is 39.5 Å². The Morgan fingerprint density at radius 2 is 1.12 bits per heavy atom. The molecule has 6 aromatic rings. The van der Waals surface area contributed by atoms with Gasteiger partial charge in [0.05, 0.1) is 22.5 Å². The number of fused-ring (bicyclic) bond motifs is 2. The van der Waals surface area contributed by atoms with Crippen molar-refractivity contribution in [2.24, 2.45) is 0 Å². The number of amides is 2. The maximum atomic E-state index is 14.2. The number of nitrogens with zero attached hydrogens (tertiary/aromatic N) is 3. The summed E-state index contributed by atoms with van der Waals surface area (Å²) in [5.74, 6) is -0.474. The highest BCUT2D eigenvalue weighted by molar-refractivity contribution is 6.20. The van der Waals surface area contributed by atoms with E-state index in [-0.39, 0.29) is 17.5 Å². The van der Waals surface area contributed by atoms with Gasteiger partial charge in [-0.05, 0) is 47.3 Å². The van der Waals surface area contributed by atoms with Crippen molar-refractivity contribution < 1.29 is 14.5 Å². The topological polar surface area (TPSA) is 83.8 Å². The number of hydrogen-bond acceptors (Lipinski definition) is 4. The standard InChI is InChI=1S/C36H27N3O4/c1-37(35(40)31-21-23-34(39(42)43)30-19-11-9-17-28(30)31)33-22-20-32(27-16-8-10-18-29(27)33)36(41)38(26-14-6-3-7-15-26)24-25-12-4-2-5-13-25/h2-23H,24H2,1H3. The van der Waals surface area contributed by atoms with Gasteiger partial charge in [-0.2, -0.15) is 0 Å². The molecule has 6 rings (SSSR count). The Bertz CT molecular complexity index is 1990.